The van der Waals surface area contributed by atoms with Gasteiger partial charge in [0.1, 0.15) is 5.92 Å². The normalized spacial score (nSPS) is 35.9. The number of carbonyl (C=O) groups is 2. The molecule has 5 rings (SSSR count). The maximum atomic E-state index is 13.1. The molecule has 0 saturated heterocycles. The zero-order valence-corrected chi connectivity index (χ0v) is 13.2. The first kappa shape index (κ1) is 14.9. The monoisotopic (exact) mass is 313 g/mol. The molecule has 122 valence electrons. The second-order valence-electron chi connectivity index (χ2n) is 7.81. The van der Waals surface area contributed by atoms with Gasteiger partial charge in [-0.2, -0.15) is 0 Å². The Labute approximate surface area is 136 Å². The fourth-order valence-corrected chi connectivity index (χ4v) is 5.69. The van der Waals surface area contributed by atoms with Crippen LogP contribution in [0.25, 0.3) is 0 Å². The van der Waals surface area contributed by atoms with Crippen LogP contribution in [0, 0.1) is 35.5 Å². The molecule has 1 aromatic heterocycles. The molecular weight excluding hydrogens is 290 g/mol. The van der Waals surface area contributed by atoms with Crippen molar-refractivity contribution < 1.29 is 14.7 Å². The number of rotatable bonds is 5. The van der Waals surface area contributed by atoms with Gasteiger partial charge in [0.2, 0.25) is 0 Å². The zero-order valence-electron chi connectivity index (χ0n) is 13.2. The highest BCUT2D eigenvalue weighted by molar-refractivity contribution is 6.00. The molecule has 4 aliphatic carbocycles. The summed E-state index contributed by atoms with van der Waals surface area (Å²) in [7, 11) is 0. The van der Waals surface area contributed by atoms with E-state index in [1.54, 1.807) is 24.5 Å². The summed E-state index contributed by atoms with van der Waals surface area (Å²) in [6.07, 6.45) is 9.52. The van der Waals surface area contributed by atoms with Crippen molar-refractivity contribution in [2.24, 2.45) is 35.5 Å². The third-order valence-corrected chi connectivity index (χ3v) is 6.39. The highest BCUT2D eigenvalue weighted by Crippen LogP contribution is 2.57. The van der Waals surface area contributed by atoms with E-state index in [2.05, 4.69) is 4.98 Å². The van der Waals surface area contributed by atoms with Gasteiger partial charge in [0.05, 0.1) is 0 Å². The van der Waals surface area contributed by atoms with E-state index in [0.717, 1.165) is 43.1 Å². The molecule has 1 atom stereocenters. The smallest absolute Gasteiger partial charge is 0.314 e. The molecule has 0 amide bonds. The van der Waals surface area contributed by atoms with Crippen molar-refractivity contribution in [2.45, 2.75) is 38.5 Å². The van der Waals surface area contributed by atoms with Crippen LogP contribution < -0.4 is 0 Å². The number of carbonyl (C=O) groups excluding carboxylic acids is 1. The van der Waals surface area contributed by atoms with Gasteiger partial charge in [-0.1, -0.05) is 0 Å². The van der Waals surface area contributed by atoms with Crippen molar-refractivity contribution in [3.8, 4) is 0 Å². The minimum Gasteiger partial charge on any atom is -0.481 e. The molecule has 4 heteroatoms. The van der Waals surface area contributed by atoms with Crippen LogP contribution in [0.5, 0.6) is 0 Å². The highest BCUT2D eigenvalue weighted by Gasteiger charge is 2.52. The average Bonchev–Trinajstić information content (AvgIpc) is 2.52. The predicted molar refractivity (Wildman–Crippen MR) is 84.6 cm³/mol. The largest absolute Gasteiger partial charge is 0.481 e. The van der Waals surface area contributed by atoms with Gasteiger partial charge in [-0.3, -0.25) is 14.6 Å². The molecule has 1 aromatic rings. The van der Waals surface area contributed by atoms with E-state index in [-0.39, 0.29) is 11.7 Å². The van der Waals surface area contributed by atoms with Crippen LogP contribution in [-0.2, 0) is 16.0 Å². The van der Waals surface area contributed by atoms with Crippen molar-refractivity contribution in [1.29, 1.82) is 0 Å². The topological polar surface area (TPSA) is 67.3 Å². The SMILES string of the molecule is O=C(O)C(Cc1ccncc1)C(=O)C1C2CC3CC(C2)CC1C3. The number of ketones is 1. The first-order chi connectivity index (χ1) is 11.1. The van der Waals surface area contributed by atoms with E-state index in [0.29, 0.717) is 18.3 Å². The standard InChI is InChI=1S/C19H23NO3/c21-18(16(19(22)23)10-11-1-3-20-4-2-11)17-14-6-12-5-13(8-14)9-15(17)7-12/h1-4,12-17H,5-10H2,(H,22,23). The third kappa shape index (κ3) is 2.68. The number of carboxylic acid groups (broad SMARTS) is 1. The number of hydrogen-bond donors (Lipinski definition) is 1. The zero-order chi connectivity index (χ0) is 16.0. The summed E-state index contributed by atoms with van der Waals surface area (Å²) < 4.78 is 0. The summed E-state index contributed by atoms with van der Waals surface area (Å²) in [6.45, 7) is 0. The van der Waals surface area contributed by atoms with E-state index in [4.69, 9.17) is 0 Å². The molecule has 0 aromatic carbocycles. The number of Topliss-reactive ketones (excluding diaryl/α,β-unsaturated/α-hetero) is 1. The molecule has 1 heterocycles. The molecule has 4 nitrogen and oxygen atoms in total. The molecule has 1 N–H and O–H groups in total. The lowest BCUT2D eigenvalue weighted by atomic mass is 9.50. The first-order valence-corrected chi connectivity index (χ1v) is 8.77. The minimum absolute atomic E-state index is 0.00858. The molecule has 0 radical (unpaired) electrons. The molecule has 4 fully saturated rings. The number of hydrogen-bond acceptors (Lipinski definition) is 3. The van der Waals surface area contributed by atoms with E-state index < -0.39 is 11.9 Å². The Bertz CT molecular complexity index is 584. The quantitative estimate of drug-likeness (QED) is 0.849. The number of pyridine rings is 1. The van der Waals surface area contributed by atoms with Crippen molar-refractivity contribution in [1.82, 2.24) is 4.98 Å². The number of nitrogens with zero attached hydrogens (tertiary/aromatic N) is 1. The van der Waals surface area contributed by atoms with Gasteiger partial charge in [0.15, 0.2) is 5.78 Å². The lowest BCUT2D eigenvalue weighted by Gasteiger charge is -2.54. The maximum absolute atomic E-state index is 13.1. The van der Waals surface area contributed by atoms with Crippen LogP contribution in [0.4, 0.5) is 0 Å². The van der Waals surface area contributed by atoms with Gasteiger partial charge in [-0.05, 0) is 79.9 Å². The van der Waals surface area contributed by atoms with Crippen molar-refractivity contribution in [3.05, 3.63) is 30.1 Å². The Morgan fingerprint density at radius 1 is 1.04 bits per heavy atom. The predicted octanol–water partition coefficient (Wildman–Crippen LogP) is 2.97. The second kappa shape index (κ2) is 5.73. The average molecular weight is 313 g/mol. The van der Waals surface area contributed by atoms with Crippen LogP contribution >= 0.6 is 0 Å². The van der Waals surface area contributed by atoms with Crippen molar-refractivity contribution >= 4 is 11.8 Å². The second-order valence-corrected chi connectivity index (χ2v) is 7.81. The van der Waals surface area contributed by atoms with Crippen LogP contribution in [0.15, 0.2) is 24.5 Å². The summed E-state index contributed by atoms with van der Waals surface area (Å²) in [4.78, 5) is 28.8. The molecular formula is C19H23NO3. The van der Waals surface area contributed by atoms with Gasteiger partial charge in [0, 0.05) is 18.3 Å². The number of carboxylic acids is 1. The van der Waals surface area contributed by atoms with E-state index >= 15 is 0 Å². The fourth-order valence-electron chi connectivity index (χ4n) is 5.69. The lowest BCUT2D eigenvalue weighted by Crippen LogP contribution is -2.50. The van der Waals surface area contributed by atoms with Crippen LogP contribution in [0.1, 0.15) is 37.7 Å². The Kier molecular flexibility index (Phi) is 3.70. The van der Waals surface area contributed by atoms with Gasteiger partial charge in [-0.25, -0.2) is 0 Å². The number of aromatic nitrogens is 1. The van der Waals surface area contributed by atoms with Gasteiger partial charge in [0.25, 0.3) is 0 Å². The van der Waals surface area contributed by atoms with Crippen molar-refractivity contribution in [2.75, 3.05) is 0 Å². The fraction of sp³-hybridized carbons (Fsp3) is 0.632. The van der Waals surface area contributed by atoms with Crippen LogP contribution in [-0.4, -0.2) is 21.8 Å². The lowest BCUT2D eigenvalue weighted by molar-refractivity contribution is -0.152. The molecule has 1 unspecified atom stereocenters. The first-order valence-electron chi connectivity index (χ1n) is 8.77. The summed E-state index contributed by atoms with van der Waals surface area (Å²) >= 11 is 0. The Morgan fingerprint density at radius 3 is 2.13 bits per heavy atom. The molecule has 4 saturated carbocycles. The van der Waals surface area contributed by atoms with E-state index in [1.807, 2.05) is 0 Å². The summed E-state index contributed by atoms with van der Waals surface area (Å²) in [5.41, 5.74) is 0.879. The molecule has 0 aliphatic heterocycles. The Morgan fingerprint density at radius 2 is 1.61 bits per heavy atom. The van der Waals surface area contributed by atoms with Gasteiger partial charge < -0.3 is 5.11 Å². The molecule has 4 bridgehead atoms. The van der Waals surface area contributed by atoms with Gasteiger partial charge >= 0.3 is 5.97 Å². The van der Waals surface area contributed by atoms with Crippen molar-refractivity contribution in [3.63, 3.8) is 0 Å². The highest BCUT2D eigenvalue weighted by atomic mass is 16.4. The molecule has 0 spiro atoms. The summed E-state index contributed by atoms with van der Waals surface area (Å²) in [6, 6.07) is 3.61. The maximum Gasteiger partial charge on any atom is 0.314 e. The van der Waals surface area contributed by atoms with Crippen LogP contribution in [0.3, 0.4) is 0 Å². The summed E-state index contributed by atoms with van der Waals surface area (Å²) in [5.74, 6) is 0.584. The molecule has 23 heavy (non-hydrogen) atoms. The molecule has 4 aliphatic rings. The Hall–Kier alpha value is -1.71. The van der Waals surface area contributed by atoms with E-state index in [9.17, 15) is 14.7 Å². The summed E-state index contributed by atoms with van der Waals surface area (Å²) in [5, 5.41) is 9.62. The van der Waals surface area contributed by atoms with E-state index in [1.165, 1.54) is 6.42 Å². The Balaban J connectivity index is 1.55. The minimum atomic E-state index is -0.972. The third-order valence-electron chi connectivity index (χ3n) is 6.39. The number of aliphatic carboxylic acids is 1. The van der Waals surface area contributed by atoms with Crippen LogP contribution in [0.2, 0.25) is 0 Å². The van der Waals surface area contributed by atoms with Gasteiger partial charge in [-0.15, -0.1) is 0 Å².